The highest BCUT2D eigenvalue weighted by Crippen LogP contribution is 2.22. The largest absolute Gasteiger partial charge is 0.390 e. The molecule has 0 aliphatic rings. The van der Waals surface area contributed by atoms with Crippen molar-refractivity contribution in [2.45, 2.75) is 63.6 Å². The van der Waals surface area contributed by atoms with E-state index in [4.69, 9.17) is 0 Å². The highest BCUT2D eigenvalue weighted by molar-refractivity contribution is 7.99. The lowest BCUT2D eigenvalue weighted by Gasteiger charge is -2.20. The van der Waals surface area contributed by atoms with E-state index in [1.165, 1.54) is 10.5 Å². The number of rotatable bonds is 6. The van der Waals surface area contributed by atoms with Gasteiger partial charge >= 0.3 is 0 Å². The average Bonchev–Trinajstić information content (AvgIpc) is 2.25. The molecule has 0 aliphatic carbocycles. The Morgan fingerprint density at radius 2 is 1.63 bits per heavy atom. The first-order valence-corrected chi connectivity index (χ1v) is 7.83. The van der Waals surface area contributed by atoms with Crippen molar-refractivity contribution in [2.75, 3.05) is 5.75 Å². The van der Waals surface area contributed by atoms with Crippen molar-refractivity contribution in [3.63, 3.8) is 0 Å². The maximum Gasteiger partial charge on any atom is 0.0599 e. The fourth-order valence-corrected chi connectivity index (χ4v) is 2.66. The molecule has 0 spiro atoms. The van der Waals surface area contributed by atoms with E-state index in [2.05, 4.69) is 50.4 Å². The molecule has 3 heteroatoms. The molecule has 0 unspecified atom stereocenters. The van der Waals surface area contributed by atoms with Gasteiger partial charge in [0.1, 0.15) is 0 Å². The summed E-state index contributed by atoms with van der Waals surface area (Å²) in [4.78, 5) is 1.27. The molecule has 1 rings (SSSR count). The third-order valence-corrected chi connectivity index (χ3v) is 3.74. The topological polar surface area (TPSA) is 32.3 Å². The molecule has 0 radical (unpaired) electrons. The summed E-state index contributed by atoms with van der Waals surface area (Å²) in [5, 5.41) is 13.1. The van der Waals surface area contributed by atoms with Crippen molar-refractivity contribution >= 4 is 11.8 Å². The smallest absolute Gasteiger partial charge is 0.0599 e. The van der Waals surface area contributed by atoms with E-state index in [0.717, 1.165) is 18.7 Å². The van der Waals surface area contributed by atoms with Crippen LogP contribution in [0.25, 0.3) is 0 Å². The van der Waals surface area contributed by atoms with Crippen LogP contribution in [0.2, 0.25) is 0 Å². The minimum Gasteiger partial charge on any atom is -0.390 e. The summed E-state index contributed by atoms with van der Waals surface area (Å²) in [6, 6.07) is 8.67. The zero-order valence-electron chi connectivity index (χ0n) is 12.8. The molecule has 0 fully saturated rings. The molecule has 0 heterocycles. The zero-order chi connectivity index (χ0) is 14.5. The molecular weight excluding hydrogens is 254 g/mol. The Hall–Kier alpha value is -0.510. The van der Waals surface area contributed by atoms with E-state index in [0.29, 0.717) is 0 Å². The second-order valence-corrected chi connectivity index (χ2v) is 7.83. The van der Waals surface area contributed by atoms with Crippen LogP contribution in [0.3, 0.4) is 0 Å². The monoisotopic (exact) mass is 281 g/mol. The standard InChI is InChI=1S/C16H27NOS/c1-15(2,3)17-12-13-6-8-14(9-7-13)19-11-10-16(4,5)18/h6-9,17-18H,10-12H2,1-5H3. The van der Waals surface area contributed by atoms with E-state index in [1.807, 2.05) is 13.8 Å². The molecule has 0 aliphatic heterocycles. The molecule has 108 valence electrons. The summed E-state index contributed by atoms with van der Waals surface area (Å²) in [5.41, 5.74) is 0.894. The van der Waals surface area contributed by atoms with Gasteiger partial charge in [-0.05, 0) is 58.7 Å². The Kier molecular flexibility index (Phi) is 5.90. The fourth-order valence-electron chi connectivity index (χ4n) is 1.49. The number of aliphatic hydroxyl groups is 1. The van der Waals surface area contributed by atoms with E-state index >= 15 is 0 Å². The van der Waals surface area contributed by atoms with E-state index in [1.54, 1.807) is 11.8 Å². The van der Waals surface area contributed by atoms with E-state index in [-0.39, 0.29) is 5.54 Å². The average molecular weight is 281 g/mol. The van der Waals surface area contributed by atoms with Gasteiger partial charge in [-0.3, -0.25) is 0 Å². The molecule has 1 aromatic carbocycles. The molecule has 19 heavy (non-hydrogen) atoms. The molecule has 0 atom stereocenters. The summed E-state index contributed by atoms with van der Waals surface area (Å²) in [6.07, 6.45) is 0.811. The van der Waals surface area contributed by atoms with Crippen molar-refractivity contribution in [2.24, 2.45) is 0 Å². The van der Waals surface area contributed by atoms with E-state index in [9.17, 15) is 5.11 Å². The molecule has 0 amide bonds. The van der Waals surface area contributed by atoms with Gasteiger partial charge in [0.2, 0.25) is 0 Å². The van der Waals surface area contributed by atoms with E-state index < -0.39 is 5.60 Å². The third kappa shape index (κ3) is 8.30. The van der Waals surface area contributed by atoms with Gasteiger partial charge in [0.05, 0.1) is 5.60 Å². The Balaban J connectivity index is 2.39. The highest BCUT2D eigenvalue weighted by Gasteiger charge is 2.12. The van der Waals surface area contributed by atoms with Crippen LogP contribution in [-0.2, 0) is 6.54 Å². The van der Waals surface area contributed by atoms with Gasteiger partial charge in [-0.25, -0.2) is 0 Å². The molecule has 0 aromatic heterocycles. The fraction of sp³-hybridized carbons (Fsp3) is 0.625. The molecule has 1 aromatic rings. The number of hydrogen-bond acceptors (Lipinski definition) is 3. The second kappa shape index (κ2) is 6.78. The Morgan fingerprint density at radius 1 is 1.05 bits per heavy atom. The predicted molar refractivity (Wildman–Crippen MR) is 84.7 cm³/mol. The summed E-state index contributed by atoms with van der Waals surface area (Å²) < 4.78 is 0. The van der Waals surface area contributed by atoms with Crippen molar-refractivity contribution in [3.8, 4) is 0 Å². The first-order chi connectivity index (χ1) is 8.66. The molecule has 2 N–H and O–H groups in total. The Bertz CT molecular complexity index is 373. The lowest BCUT2D eigenvalue weighted by molar-refractivity contribution is 0.0778. The highest BCUT2D eigenvalue weighted by atomic mass is 32.2. The van der Waals surface area contributed by atoms with Crippen LogP contribution in [0, 0.1) is 0 Å². The van der Waals surface area contributed by atoms with Gasteiger partial charge in [-0.2, -0.15) is 0 Å². The maximum atomic E-state index is 9.66. The molecular formula is C16H27NOS. The second-order valence-electron chi connectivity index (χ2n) is 6.66. The summed E-state index contributed by atoms with van der Waals surface area (Å²) >= 11 is 1.80. The van der Waals surface area contributed by atoms with Gasteiger partial charge in [0.25, 0.3) is 0 Å². The van der Waals surface area contributed by atoms with Gasteiger partial charge in [0, 0.05) is 22.7 Å². The van der Waals surface area contributed by atoms with Crippen LogP contribution >= 0.6 is 11.8 Å². The summed E-state index contributed by atoms with van der Waals surface area (Å²) in [5.74, 6) is 0.948. The van der Waals surface area contributed by atoms with Crippen LogP contribution in [-0.4, -0.2) is 22.0 Å². The number of benzene rings is 1. The van der Waals surface area contributed by atoms with Crippen molar-refractivity contribution in [1.82, 2.24) is 5.32 Å². The molecule has 0 bridgehead atoms. The van der Waals surface area contributed by atoms with Gasteiger partial charge < -0.3 is 10.4 Å². The lowest BCUT2D eigenvalue weighted by atomic mass is 10.1. The summed E-state index contributed by atoms with van der Waals surface area (Å²) in [6.45, 7) is 11.1. The maximum absolute atomic E-state index is 9.66. The minimum atomic E-state index is -0.566. The molecule has 2 nitrogen and oxygen atoms in total. The minimum absolute atomic E-state index is 0.153. The summed E-state index contributed by atoms with van der Waals surface area (Å²) in [7, 11) is 0. The first-order valence-electron chi connectivity index (χ1n) is 6.85. The van der Waals surface area contributed by atoms with Gasteiger partial charge in [-0.1, -0.05) is 12.1 Å². The van der Waals surface area contributed by atoms with Crippen molar-refractivity contribution in [1.29, 1.82) is 0 Å². The SMILES string of the molecule is CC(C)(O)CCSc1ccc(CNC(C)(C)C)cc1. The lowest BCUT2D eigenvalue weighted by Crippen LogP contribution is -2.35. The predicted octanol–water partition coefficient (Wildman–Crippen LogP) is 3.83. The van der Waals surface area contributed by atoms with Crippen LogP contribution in [0.5, 0.6) is 0 Å². The van der Waals surface area contributed by atoms with Crippen LogP contribution < -0.4 is 5.32 Å². The number of thioether (sulfide) groups is 1. The van der Waals surface area contributed by atoms with Gasteiger partial charge in [0.15, 0.2) is 0 Å². The molecule has 0 saturated heterocycles. The number of hydrogen-bond donors (Lipinski definition) is 2. The van der Waals surface area contributed by atoms with Crippen LogP contribution in [0.1, 0.15) is 46.6 Å². The van der Waals surface area contributed by atoms with Crippen molar-refractivity contribution in [3.05, 3.63) is 29.8 Å². The third-order valence-electron chi connectivity index (χ3n) is 2.73. The first kappa shape index (κ1) is 16.5. The number of nitrogens with one attached hydrogen (secondary N) is 1. The normalized spacial score (nSPS) is 12.7. The van der Waals surface area contributed by atoms with Crippen LogP contribution in [0.15, 0.2) is 29.2 Å². The Labute approximate surface area is 122 Å². The quantitative estimate of drug-likeness (QED) is 0.777. The molecule has 0 saturated carbocycles. The Morgan fingerprint density at radius 3 is 2.11 bits per heavy atom. The van der Waals surface area contributed by atoms with Crippen molar-refractivity contribution < 1.29 is 5.11 Å². The van der Waals surface area contributed by atoms with Crippen LogP contribution in [0.4, 0.5) is 0 Å². The van der Waals surface area contributed by atoms with Gasteiger partial charge in [-0.15, -0.1) is 11.8 Å². The zero-order valence-corrected chi connectivity index (χ0v) is 13.6.